The molecule has 4 nitrogen and oxygen atoms in total. The van der Waals surface area contributed by atoms with Crippen LogP contribution in [0.5, 0.6) is 0 Å². The van der Waals surface area contributed by atoms with E-state index in [0.717, 1.165) is 19.6 Å². The van der Waals surface area contributed by atoms with E-state index in [2.05, 4.69) is 33.0 Å². The van der Waals surface area contributed by atoms with E-state index in [1.165, 1.54) is 12.8 Å². The largest absolute Gasteiger partial charge is 0.447 e. The predicted octanol–water partition coefficient (Wildman–Crippen LogP) is 2.24. The lowest BCUT2D eigenvalue weighted by molar-refractivity contribution is 0.0736. The van der Waals surface area contributed by atoms with Gasteiger partial charge in [-0.2, -0.15) is 0 Å². The van der Waals surface area contributed by atoms with Gasteiger partial charge >= 0.3 is 6.09 Å². The van der Waals surface area contributed by atoms with Gasteiger partial charge in [0.1, 0.15) is 6.61 Å². The molecular weight excluding hydrogens is 228 g/mol. The second-order valence-corrected chi connectivity index (χ2v) is 7.10. The van der Waals surface area contributed by atoms with Crippen molar-refractivity contribution in [1.29, 1.82) is 0 Å². The average molecular weight is 254 g/mol. The minimum Gasteiger partial charge on any atom is -0.447 e. The number of cyclic esters (lactones) is 1. The van der Waals surface area contributed by atoms with Crippen molar-refractivity contribution >= 4 is 6.09 Å². The first-order valence-corrected chi connectivity index (χ1v) is 6.98. The summed E-state index contributed by atoms with van der Waals surface area (Å²) >= 11 is 0. The first-order chi connectivity index (χ1) is 8.33. The van der Waals surface area contributed by atoms with Gasteiger partial charge in [0.25, 0.3) is 0 Å². The van der Waals surface area contributed by atoms with Gasteiger partial charge in [-0.1, -0.05) is 20.8 Å². The number of nitrogens with zero attached hydrogens (tertiary/aromatic N) is 1. The van der Waals surface area contributed by atoms with Crippen molar-refractivity contribution in [3.63, 3.8) is 0 Å². The van der Waals surface area contributed by atoms with Crippen molar-refractivity contribution < 1.29 is 9.53 Å². The van der Waals surface area contributed by atoms with E-state index in [0.29, 0.717) is 12.5 Å². The number of nitrogens with one attached hydrogen (secondary N) is 1. The van der Waals surface area contributed by atoms with Crippen molar-refractivity contribution in [1.82, 2.24) is 10.2 Å². The first-order valence-electron chi connectivity index (χ1n) is 6.98. The quantitative estimate of drug-likeness (QED) is 0.821. The Kier molecular flexibility index (Phi) is 3.58. The van der Waals surface area contributed by atoms with E-state index in [4.69, 9.17) is 4.74 Å². The zero-order valence-corrected chi connectivity index (χ0v) is 12.1. The molecule has 2 heterocycles. The summed E-state index contributed by atoms with van der Waals surface area (Å²) in [6, 6.07) is 0. The minimum absolute atomic E-state index is 0.104. The molecule has 2 rings (SSSR count). The summed E-state index contributed by atoms with van der Waals surface area (Å²) in [4.78, 5) is 14.0. The van der Waals surface area contributed by atoms with Crippen molar-refractivity contribution in [2.45, 2.75) is 46.1 Å². The molecule has 104 valence electrons. The first kappa shape index (κ1) is 13.7. The molecule has 0 aliphatic carbocycles. The summed E-state index contributed by atoms with van der Waals surface area (Å²) in [7, 11) is 0. The van der Waals surface area contributed by atoms with E-state index in [1.54, 1.807) is 0 Å². The lowest BCUT2D eigenvalue weighted by Crippen LogP contribution is -2.56. The van der Waals surface area contributed by atoms with Crippen molar-refractivity contribution in [2.24, 2.45) is 11.3 Å². The maximum Gasteiger partial charge on any atom is 0.410 e. The van der Waals surface area contributed by atoms with E-state index in [1.807, 2.05) is 4.90 Å². The third kappa shape index (κ3) is 2.63. The zero-order valence-electron chi connectivity index (χ0n) is 12.1. The smallest absolute Gasteiger partial charge is 0.410 e. The molecule has 0 radical (unpaired) electrons. The molecule has 0 aromatic carbocycles. The molecule has 0 spiro atoms. The number of piperidine rings is 1. The maximum atomic E-state index is 12.0. The second kappa shape index (κ2) is 4.72. The van der Waals surface area contributed by atoms with Crippen molar-refractivity contribution in [3.8, 4) is 0 Å². The van der Waals surface area contributed by atoms with Gasteiger partial charge in [0, 0.05) is 13.1 Å². The lowest BCUT2D eigenvalue weighted by atomic mass is 9.79. The van der Waals surface area contributed by atoms with E-state index in [-0.39, 0.29) is 17.0 Å². The lowest BCUT2D eigenvalue weighted by Gasteiger charge is -2.43. The van der Waals surface area contributed by atoms with Gasteiger partial charge in [-0.05, 0) is 37.6 Å². The average Bonchev–Trinajstić information content (AvgIpc) is 2.58. The molecule has 2 aliphatic heterocycles. The van der Waals surface area contributed by atoms with Gasteiger partial charge in [-0.3, -0.25) is 4.90 Å². The van der Waals surface area contributed by atoms with Crippen LogP contribution in [0.25, 0.3) is 0 Å². The van der Waals surface area contributed by atoms with Crippen LogP contribution in [0.15, 0.2) is 0 Å². The fraction of sp³-hybridized carbons (Fsp3) is 0.929. The SMILES string of the molecule is CC(C)(C)CN1C(=O)OCC1(C)C1CCCNC1. The number of rotatable bonds is 2. The fourth-order valence-corrected chi connectivity index (χ4v) is 3.01. The fourth-order valence-electron chi connectivity index (χ4n) is 3.01. The number of amides is 1. The van der Waals surface area contributed by atoms with Gasteiger partial charge in [0.05, 0.1) is 5.54 Å². The van der Waals surface area contributed by atoms with Crippen LogP contribution in [0.3, 0.4) is 0 Å². The summed E-state index contributed by atoms with van der Waals surface area (Å²) < 4.78 is 5.34. The van der Waals surface area contributed by atoms with Crippen LogP contribution >= 0.6 is 0 Å². The van der Waals surface area contributed by atoms with Crippen LogP contribution < -0.4 is 5.32 Å². The van der Waals surface area contributed by atoms with Crippen LogP contribution in [-0.4, -0.2) is 42.8 Å². The van der Waals surface area contributed by atoms with Crippen LogP contribution in [0, 0.1) is 11.3 Å². The number of hydrogen-bond acceptors (Lipinski definition) is 3. The molecule has 0 aromatic rings. The Labute approximate surface area is 110 Å². The summed E-state index contributed by atoms with van der Waals surface area (Å²) in [5, 5.41) is 3.44. The summed E-state index contributed by atoms with van der Waals surface area (Å²) in [6.07, 6.45) is 2.23. The van der Waals surface area contributed by atoms with E-state index in [9.17, 15) is 4.79 Å². The summed E-state index contributed by atoms with van der Waals surface area (Å²) in [5.41, 5.74) is -0.0372. The van der Waals surface area contributed by atoms with Gasteiger partial charge in [-0.25, -0.2) is 4.79 Å². The number of carbonyl (C=O) groups excluding carboxylic acids is 1. The molecule has 1 N–H and O–H groups in total. The van der Waals surface area contributed by atoms with Crippen LogP contribution in [0.2, 0.25) is 0 Å². The van der Waals surface area contributed by atoms with Gasteiger partial charge in [0.15, 0.2) is 0 Å². The second-order valence-electron chi connectivity index (χ2n) is 7.10. The molecule has 4 heteroatoms. The van der Waals surface area contributed by atoms with E-state index < -0.39 is 0 Å². The van der Waals surface area contributed by atoms with Gasteiger partial charge < -0.3 is 10.1 Å². The number of hydrogen-bond donors (Lipinski definition) is 1. The molecule has 2 saturated heterocycles. The standard InChI is InChI=1S/C14H26N2O2/c1-13(2,3)9-16-12(17)18-10-14(16,4)11-6-5-7-15-8-11/h11,15H,5-10H2,1-4H3. The van der Waals surface area contributed by atoms with Gasteiger partial charge in [-0.15, -0.1) is 0 Å². The molecule has 0 aromatic heterocycles. The number of ether oxygens (including phenoxy) is 1. The van der Waals surface area contributed by atoms with Crippen LogP contribution in [0.4, 0.5) is 4.79 Å². The molecular formula is C14H26N2O2. The van der Waals surface area contributed by atoms with Crippen molar-refractivity contribution in [2.75, 3.05) is 26.2 Å². The Hall–Kier alpha value is -0.770. The zero-order chi connectivity index (χ0) is 13.4. The molecule has 2 fully saturated rings. The predicted molar refractivity (Wildman–Crippen MR) is 71.5 cm³/mol. The number of carbonyl (C=O) groups is 1. The van der Waals surface area contributed by atoms with Crippen molar-refractivity contribution in [3.05, 3.63) is 0 Å². The molecule has 2 unspecified atom stereocenters. The van der Waals surface area contributed by atoms with Crippen LogP contribution in [-0.2, 0) is 4.74 Å². The highest BCUT2D eigenvalue weighted by atomic mass is 16.6. The molecule has 0 bridgehead atoms. The molecule has 0 saturated carbocycles. The van der Waals surface area contributed by atoms with Crippen LogP contribution in [0.1, 0.15) is 40.5 Å². The normalized spacial score (nSPS) is 33.7. The molecule has 2 atom stereocenters. The molecule has 2 aliphatic rings. The highest BCUT2D eigenvalue weighted by Crippen LogP contribution is 2.37. The summed E-state index contributed by atoms with van der Waals surface area (Å²) in [5.74, 6) is 0.500. The Bertz CT molecular complexity index is 318. The highest BCUT2D eigenvalue weighted by molar-refractivity contribution is 5.71. The third-order valence-corrected chi connectivity index (χ3v) is 4.13. The molecule has 1 amide bonds. The third-order valence-electron chi connectivity index (χ3n) is 4.13. The highest BCUT2D eigenvalue weighted by Gasteiger charge is 2.49. The Balaban J connectivity index is 2.15. The maximum absolute atomic E-state index is 12.0. The Morgan fingerprint density at radius 3 is 2.78 bits per heavy atom. The molecule has 18 heavy (non-hydrogen) atoms. The monoisotopic (exact) mass is 254 g/mol. The Morgan fingerprint density at radius 2 is 2.22 bits per heavy atom. The topological polar surface area (TPSA) is 41.6 Å². The van der Waals surface area contributed by atoms with E-state index >= 15 is 0 Å². The minimum atomic E-state index is -0.141. The Morgan fingerprint density at radius 1 is 1.50 bits per heavy atom. The summed E-state index contributed by atoms with van der Waals surface area (Å²) in [6.45, 7) is 12.1. The van der Waals surface area contributed by atoms with Gasteiger partial charge in [0.2, 0.25) is 0 Å².